The summed E-state index contributed by atoms with van der Waals surface area (Å²) >= 11 is 0. The van der Waals surface area contributed by atoms with Crippen LogP contribution in [0.5, 0.6) is 11.5 Å². The lowest BCUT2D eigenvalue weighted by Crippen LogP contribution is -1.99. The van der Waals surface area contributed by atoms with Crippen molar-refractivity contribution >= 4 is 22.7 Å². The Hall–Kier alpha value is -3.26. The zero-order valence-electron chi connectivity index (χ0n) is 18.2. The van der Waals surface area contributed by atoms with Crippen molar-refractivity contribution < 1.29 is 9.47 Å². The molecule has 156 valence electrons. The number of aryl methyl sites for hydroxylation is 2. The highest BCUT2D eigenvalue weighted by Gasteiger charge is 2.11. The highest BCUT2D eigenvalue weighted by atomic mass is 16.5. The number of benzene rings is 2. The smallest absolute Gasteiger partial charge is 0.161 e. The molecule has 5 nitrogen and oxygen atoms in total. The number of imidazole rings is 1. The topological polar surface area (TPSA) is 70.9 Å². The van der Waals surface area contributed by atoms with E-state index < -0.39 is 0 Å². The molecule has 0 bridgehead atoms. The third-order valence-electron chi connectivity index (χ3n) is 5.23. The maximum atomic E-state index is 9.71. The first-order valence-corrected chi connectivity index (χ1v) is 10.5. The van der Waals surface area contributed by atoms with Gasteiger partial charge in [-0.05, 0) is 67.3 Å². The first kappa shape index (κ1) is 21.4. The van der Waals surface area contributed by atoms with Gasteiger partial charge in [0.05, 0.1) is 30.3 Å². The summed E-state index contributed by atoms with van der Waals surface area (Å²) in [4.78, 5) is 7.87. The predicted octanol–water partition coefficient (Wildman–Crippen LogP) is 6.21. The first-order chi connectivity index (χ1) is 14.5. The quantitative estimate of drug-likeness (QED) is 0.340. The van der Waals surface area contributed by atoms with E-state index in [4.69, 9.17) is 9.47 Å². The van der Waals surface area contributed by atoms with Crippen LogP contribution >= 0.6 is 0 Å². The number of ether oxygens (including phenoxy) is 2. The highest BCUT2D eigenvalue weighted by Crippen LogP contribution is 2.30. The minimum atomic E-state index is 0.469. The number of methoxy groups -OCH3 is 1. The molecule has 0 amide bonds. The molecule has 0 aliphatic carbocycles. The van der Waals surface area contributed by atoms with Crippen LogP contribution in [0.15, 0.2) is 30.3 Å². The molecule has 0 fully saturated rings. The van der Waals surface area contributed by atoms with Gasteiger partial charge in [-0.25, -0.2) is 4.98 Å². The number of nitriles is 1. The summed E-state index contributed by atoms with van der Waals surface area (Å²) in [5.74, 6) is 1.94. The molecule has 0 saturated carbocycles. The first-order valence-electron chi connectivity index (χ1n) is 10.5. The van der Waals surface area contributed by atoms with Crippen molar-refractivity contribution in [2.75, 3.05) is 13.7 Å². The molecule has 0 atom stereocenters. The average molecular weight is 404 g/mol. The fraction of sp³-hybridized carbons (Fsp3) is 0.360. The van der Waals surface area contributed by atoms with Gasteiger partial charge >= 0.3 is 0 Å². The molecule has 0 aliphatic rings. The van der Waals surface area contributed by atoms with Gasteiger partial charge in [0.15, 0.2) is 11.5 Å². The van der Waals surface area contributed by atoms with Crippen molar-refractivity contribution in [1.29, 1.82) is 5.26 Å². The Labute approximate surface area is 178 Å². The van der Waals surface area contributed by atoms with E-state index in [1.165, 1.54) is 30.4 Å². The van der Waals surface area contributed by atoms with Crippen LogP contribution in [0.3, 0.4) is 0 Å². The summed E-state index contributed by atoms with van der Waals surface area (Å²) in [5, 5.41) is 9.71. The van der Waals surface area contributed by atoms with E-state index in [9.17, 15) is 5.26 Å². The second kappa shape index (κ2) is 9.98. The van der Waals surface area contributed by atoms with Crippen molar-refractivity contribution in [3.8, 4) is 17.6 Å². The van der Waals surface area contributed by atoms with Crippen molar-refractivity contribution in [3.63, 3.8) is 0 Å². The van der Waals surface area contributed by atoms with Crippen LogP contribution in [0.2, 0.25) is 0 Å². The Balaban J connectivity index is 1.82. The van der Waals surface area contributed by atoms with Gasteiger partial charge in [0.1, 0.15) is 11.9 Å². The third-order valence-corrected chi connectivity index (χ3v) is 5.23. The van der Waals surface area contributed by atoms with Crippen molar-refractivity contribution in [1.82, 2.24) is 9.97 Å². The molecule has 0 spiro atoms. The van der Waals surface area contributed by atoms with Gasteiger partial charge in [-0.2, -0.15) is 5.26 Å². The molecule has 1 N–H and O–H groups in total. The zero-order chi connectivity index (χ0) is 21.5. The Morgan fingerprint density at radius 2 is 1.90 bits per heavy atom. The van der Waals surface area contributed by atoms with Crippen LogP contribution in [-0.4, -0.2) is 23.7 Å². The Bertz CT molecular complexity index is 1050. The van der Waals surface area contributed by atoms with Crippen molar-refractivity contribution in [2.45, 2.75) is 46.5 Å². The van der Waals surface area contributed by atoms with E-state index in [1.807, 2.05) is 30.3 Å². The number of H-pyrrole nitrogens is 1. The van der Waals surface area contributed by atoms with Gasteiger partial charge in [-0.15, -0.1) is 0 Å². The van der Waals surface area contributed by atoms with Crippen molar-refractivity contribution in [2.24, 2.45) is 0 Å². The SMILES string of the molecule is CCCCCCOc1ccc(/C=C(/C#N)c2nc3cc(C)c(C)cc3[nH]2)cc1OC. The molecule has 3 aromatic rings. The molecular weight excluding hydrogens is 374 g/mol. The number of hydrogen-bond acceptors (Lipinski definition) is 4. The second-order valence-corrected chi connectivity index (χ2v) is 7.53. The lowest BCUT2D eigenvalue weighted by molar-refractivity contribution is 0.285. The number of fused-ring (bicyclic) bond motifs is 1. The summed E-state index contributed by atoms with van der Waals surface area (Å²) in [6.45, 7) is 6.99. The largest absolute Gasteiger partial charge is 0.493 e. The summed E-state index contributed by atoms with van der Waals surface area (Å²) in [6.07, 6.45) is 6.44. The number of allylic oxidation sites excluding steroid dienone is 1. The van der Waals surface area contributed by atoms with E-state index in [1.54, 1.807) is 7.11 Å². The molecule has 3 rings (SSSR count). The zero-order valence-corrected chi connectivity index (χ0v) is 18.2. The number of aromatic nitrogens is 2. The molecule has 2 aromatic carbocycles. The minimum Gasteiger partial charge on any atom is -0.493 e. The molecule has 30 heavy (non-hydrogen) atoms. The molecule has 0 aliphatic heterocycles. The Morgan fingerprint density at radius 3 is 2.63 bits per heavy atom. The molecule has 0 unspecified atom stereocenters. The summed E-state index contributed by atoms with van der Waals surface area (Å²) in [7, 11) is 1.63. The van der Waals surface area contributed by atoms with Crippen LogP contribution in [0.25, 0.3) is 22.7 Å². The van der Waals surface area contributed by atoms with E-state index >= 15 is 0 Å². The fourth-order valence-corrected chi connectivity index (χ4v) is 3.32. The van der Waals surface area contributed by atoms with Gasteiger partial charge < -0.3 is 14.5 Å². The van der Waals surface area contributed by atoms with Crippen LogP contribution in [-0.2, 0) is 0 Å². The maximum Gasteiger partial charge on any atom is 0.161 e. The van der Waals surface area contributed by atoms with E-state index in [0.717, 1.165) is 28.8 Å². The van der Waals surface area contributed by atoms with Gasteiger partial charge in [0, 0.05) is 0 Å². The standard InChI is InChI=1S/C25H29N3O2/c1-5-6-7-8-11-30-23-10-9-19(15-24(23)29-4)14-20(16-26)25-27-21-12-17(2)18(3)13-22(21)28-25/h9-10,12-15H,5-8,11H2,1-4H3,(H,27,28)/b20-14-. The van der Waals surface area contributed by atoms with Crippen LogP contribution in [0, 0.1) is 25.2 Å². The summed E-state index contributed by atoms with van der Waals surface area (Å²) < 4.78 is 11.4. The fourth-order valence-electron chi connectivity index (χ4n) is 3.32. The van der Waals surface area contributed by atoms with E-state index in [-0.39, 0.29) is 0 Å². The Kier molecular flexibility index (Phi) is 7.13. The predicted molar refractivity (Wildman–Crippen MR) is 122 cm³/mol. The lowest BCUT2D eigenvalue weighted by atomic mass is 10.1. The van der Waals surface area contributed by atoms with Crippen molar-refractivity contribution in [3.05, 3.63) is 52.8 Å². The summed E-state index contributed by atoms with van der Waals surface area (Å²) in [6, 6.07) is 12.1. The van der Waals surface area contributed by atoms with Gasteiger partial charge in [0.2, 0.25) is 0 Å². The number of unbranched alkanes of at least 4 members (excludes halogenated alkanes) is 3. The number of aromatic amines is 1. The minimum absolute atomic E-state index is 0.469. The van der Waals surface area contributed by atoms with Gasteiger partial charge in [-0.3, -0.25) is 0 Å². The molecule has 5 heteroatoms. The van der Waals surface area contributed by atoms with Gasteiger partial charge in [0.25, 0.3) is 0 Å². The van der Waals surface area contributed by atoms with Gasteiger partial charge in [-0.1, -0.05) is 32.3 Å². The van der Waals surface area contributed by atoms with E-state index in [0.29, 0.717) is 23.8 Å². The molecule has 0 saturated heterocycles. The number of rotatable bonds is 9. The Morgan fingerprint density at radius 1 is 1.10 bits per heavy atom. The third kappa shape index (κ3) is 5.01. The molecule has 0 radical (unpaired) electrons. The highest BCUT2D eigenvalue weighted by molar-refractivity contribution is 5.90. The van der Waals surface area contributed by atoms with Crippen LogP contribution in [0.4, 0.5) is 0 Å². The second-order valence-electron chi connectivity index (χ2n) is 7.53. The summed E-state index contributed by atoms with van der Waals surface area (Å²) in [5.41, 5.74) is 5.48. The van der Waals surface area contributed by atoms with Crippen LogP contribution < -0.4 is 9.47 Å². The number of nitrogens with one attached hydrogen (secondary N) is 1. The molecular formula is C25H29N3O2. The van der Waals surface area contributed by atoms with E-state index in [2.05, 4.69) is 42.9 Å². The number of nitrogens with zero attached hydrogens (tertiary/aromatic N) is 2. The maximum absolute atomic E-state index is 9.71. The van der Waals surface area contributed by atoms with Crippen LogP contribution in [0.1, 0.15) is 55.1 Å². The molecule has 1 aromatic heterocycles. The molecule has 1 heterocycles. The number of hydrogen-bond donors (Lipinski definition) is 1. The normalized spacial score (nSPS) is 11.5. The average Bonchev–Trinajstić information content (AvgIpc) is 3.15. The monoisotopic (exact) mass is 403 g/mol. The lowest BCUT2D eigenvalue weighted by Gasteiger charge is -2.11.